The Balaban J connectivity index is 1.72. The van der Waals surface area contributed by atoms with Crippen LogP contribution in [-0.2, 0) is 11.3 Å². The molecule has 1 saturated carbocycles. The van der Waals surface area contributed by atoms with Gasteiger partial charge in [-0.2, -0.15) is 0 Å². The second-order valence-corrected chi connectivity index (χ2v) is 9.45. The van der Waals surface area contributed by atoms with Crippen molar-refractivity contribution in [2.24, 2.45) is 5.92 Å². The van der Waals surface area contributed by atoms with Gasteiger partial charge in [-0.3, -0.25) is 4.79 Å². The first kappa shape index (κ1) is 19.7. The van der Waals surface area contributed by atoms with Gasteiger partial charge in [0.2, 0.25) is 5.91 Å². The molecule has 1 aliphatic heterocycles. The third-order valence-corrected chi connectivity index (χ3v) is 6.73. The van der Waals surface area contributed by atoms with Crippen LogP contribution in [0, 0.1) is 5.92 Å². The summed E-state index contributed by atoms with van der Waals surface area (Å²) >= 11 is 15.9. The Morgan fingerprint density at radius 2 is 1.71 bits per heavy atom. The highest BCUT2D eigenvalue weighted by molar-refractivity contribution is 9.09. The Labute approximate surface area is 182 Å². The number of alkyl halides is 1. The highest BCUT2D eigenvalue weighted by Crippen LogP contribution is 2.39. The van der Waals surface area contributed by atoms with E-state index in [0.29, 0.717) is 28.7 Å². The van der Waals surface area contributed by atoms with E-state index in [9.17, 15) is 9.59 Å². The molecule has 2 fully saturated rings. The smallest absolute Gasteiger partial charge is 0.316 e. The zero-order chi connectivity index (χ0) is 19.8. The summed E-state index contributed by atoms with van der Waals surface area (Å²) in [5, 5.41) is 1.12. The lowest BCUT2D eigenvalue weighted by molar-refractivity contribution is -0.126. The highest BCUT2D eigenvalue weighted by Gasteiger charge is 2.48. The summed E-state index contributed by atoms with van der Waals surface area (Å²) in [6.07, 6.45) is 2.44. The van der Waals surface area contributed by atoms with Crippen molar-refractivity contribution in [3.8, 4) is 0 Å². The van der Waals surface area contributed by atoms with E-state index in [-0.39, 0.29) is 28.7 Å². The third kappa shape index (κ3) is 3.80. The number of carbonyl (C=O) groups excluding carboxylic acids is 2. The monoisotopic (exact) mass is 480 g/mol. The first-order valence-electron chi connectivity index (χ1n) is 9.22. The molecule has 2 aromatic carbocycles. The summed E-state index contributed by atoms with van der Waals surface area (Å²) in [6.45, 7) is 0.415. The molecule has 0 radical (unpaired) electrons. The number of carbonyl (C=O) groups is 2. The van der Waals surface area contributed by atoms with Crippen LogP contribution in [0.3, 0.4) is 0 Å². The zero-order valence-electron chi connectivity index (χ0n) is 15.0. The molecule has 2 aromatic rings. The van der Waals surface area contributed by atoms with Crippen LogP contribution in [0.15, 0.2) is 48.5 Å². The fraction of sp³-hybridized carbons (Fsp3) is 0.333. The Kier molecular flexibility index (Phi) is 5.68. The maximum absolute atomic E-state index is 13.4. The molecule has 7 heteroatoms. The van der Waals surface area contributed by atoms with E-state index in [2.05, 4.69) is 15.9 Å². The van der Waals surface area contributed by atoms with Crippen molar-refractivity contribution in [3.05, 3.63) is 64.1 Å². The molecule has 0 N–H and O–H groups in total. The minimum absolute atomic E-state index is 0.108. The van der Waals surface area contributed by atoms with Crippen molar-refractivity contribution in [3.63, 3.8) is 0 Å². The van der Waals surface area contributed by atoms with Crippen LogP contribution in [0.2, 0.25) is 10.0 Å². The van der Waals surface area contributed by atoms with Crippen molar-refractivity contribution < 1.29 is 9.59 Å². The van der Waals surface area contributed by atoms with Gasteiger partial charge < -0.3 is 4.90 Å². The summed E-state index contributed by atoms with van der Waals surface area (Å²) in [7, 11) is 0. The van der Waals surface area contributed by atoms with Crippen LogP contribution in [0.25, 0.3) is 0 Å². The average Bonchev–Trinajstić information content (AvgIpc) is 2.66. The van der Waals surface area contributed by atoms with E-state index >= 15 is 0 Å². The van der Waals surface area contributed by atoms with Gasteiger partial charge in [-0.1, -0.05) is 57.3 Å². The van der Waals surface area contributed by atoms with Gasteiger partial charge in [-0.15, -0.1) is 0 Å². The molecule has 28 heavy (non-hydrogen) atoms. The highest BCUT2D eigenvalue weighted by atomic mass is 79.9. The average molecular weight is 482 g/mol. The van der Waals surface area contributed by atoms with Crippen LogP contribution in [-0.4, -0.2) is 27.7 Å². The quantitative estimate of drug-likeness (QED) is 0.512. The number of benzene rings is 2. The predicted molar refractivity (Wildman–Crippen MR) is 115 cm³/mol. The largest absolute Gasteiger partial charge is 0.331 e. The van der Waals surface area contributed by atoms with Crippen molar-refractivity contribution in [2.45, 2.75) is 36.7 Å². The molecule has 1 heterocycles. The molecule has 1 saturated heterocycles. The Hall–Kier alpha value is -1.56. The molecule has 4 nitrogen and oxygen atoms in total. The Morgan fingerprint density at radius 3 is 2.43 bits per heavy atom. The molecule has 3 atom stereocenters. The SMILES string of the molecule is O=C1C2CC(Br)CCC2N(Cc2cccc(Cl)c2)C(=O)N1c1cccc(Cl)c1. The normalized spacial score (nSPS) is 25.0. The van der Waals surface area contributed by atoms with Crippen molar-refractivity contribution >= 4 is 56.8 Å². The minimum Gasteiger partial charge on any atom is -0.316 e. The first-order chi connectivity index (χ1) is 13.4. The van der Waals surface area contributed by atoms with Crippen molar-refractivity contribution in [2.75, 3.05) is 4.90 Å². The molecule has 0 bridgehead atoms. The molecule has 1 aliphatic carbocycles. The first-order valence-corrected chi connectivity index (χ1v) is 10.9. The molecule has 4 rings (SSSR count). The number of anilines is 1. The van der Waals surface area contributed by atoms with E-state index in [1.54, 1.807) is 24.3 Å². The van der Waals surface area contributed by atoms with Gasteiger partial charge in [0.25, 0.3) is 0 Å². The minimum atomic E-state index is -0.304. The summed E-state index contributed by atoms with van der Waals surface area (Å²) in [5.41, 5.74) is 1.45. The molecule has 146 valence electrons. The second kappa shape index (κ2) is 8.05. The van der Waals surface area contributed by atoms with Gasteiger partial charge in [0, 0.05) is 27.5 Å². The van der Waals surface area contributed by atoms with Gasteiger partial charge in [0.1, 0.15) is 0 Å². The second-order valence-electron chi connectivity index (χ2n) is 7.28. The molecular weight excluding hydrogens is 463 g/mol. The van der Waals surface area contributed by atoms with E-state index < -0.39 is 0 Å². The molecule has 2 aliphatic rings. The fourth-order valence-corrected chi connectivity index (χ4v) is 5.21. The van der Waals surface area contributed by atoms with Crippen LogP contribution in [0.1, 0.15) is 24.8 Å². The van der Waals surface area contributed by atoms with Crippen LogP contribution >= 0.6 is 39.1 Å². The number of hydrogen-bond donors (Lipinski definition) is 0. The number of imide groups is 1. The fourth-order valence-electron chi connectivity index (χ4n) is 4.14. The molecule has 3 unspecified atom stereocenters. The maximum atomic E-state index is 13.4. The molecule has 0 spiro atoms. The lowest BCUT2D eigenvalue weighted by atomic mass is 9.80. The lowest BCUT2D eigenvalue weighted by Crippen LogP contribution is -2.63. The summed E-state index contributed by atoms with van der Waals surface area (Å²) in [5.74, 6) is -0.391. The summed E-state index contributed by atoms with van der Waals surface area (Å²) < 4.78 is 0. The number of halogens is 3. The zero-order valence-corrected chi connectivity index (χ0v) is 18.1. The topological polar surface area (TPSA) is 40.6 Å². The number of amides is 3. The number of hydrogen-bond acceptors (Lipinski definition) is 2. The molecule has 3 amide bonds. The Morgan fingerprint density at radius 1 is 1.00 bits per heavy atom. The number of fused-ring (bicyclic) bond motifs is 1. The van der Waals surface area contributed by atoms with Gasteiger partial charge in [0.15, 0.2) is 0 Å². The summed E-state index contributed by atoms with van der Waals surface area (Å²) in [6, 6.07) is 14.0. The van der Waals surface area contributed by atoms with Gasteiger partial charge in [-0.05, 0) is 55.2 Å². The van der Waals surface area contributed by atoms with E-state index in [0.717, 1.165) is 18.4 Å². The summed E-state index contributed by atoms with van der Waals surface area (Å²) in [4.78, 5) is 30.1. The van der Waals surface area contributed by atoms with Crippen LogP contribution < -0.4 is 4.90 Å². The van der Waals surface area contributed by atoms with E-state index in [1.807, 2.05) is 29.2 Å². The van der Waals surface area contributed by atoms with Crippen molar-refractivity contribution in [1.29, 1.82) is 0 Å². The van der Waals surface area contributed by atoms with Gasteiger partial charge >= 0.3 is 6.03 Å². The third-order valence-electron chi connectivity index (χ3n) is 5.43. The molecule has 0 aromatic heterocycles. The van der Waals surface area contributed by atoms with Crippen LogP contribution in [0.4, 0.5) is 10.5 Å². The Bertz CT molecular complexity index is 923. The maximum Gasteiger partial charge on any atom is 0.331 e. The molecular formula is C21H19BrCl2N2O2. The van der Waals surface area contributed by atoms with Crippen molar-refractivity contribution in [1.82, 2.24) is 4.90 Å². The number of rotatable bonds is 3. The number of urea groups is 1. The van der Waals surface area contributed by atoms with E-state index in [1.165, 1.54) is 4.90 Å². The lowest BCUT2D eigenvalue weighted by Gasteiger charge is -2.47. The van der Waals surface area contributed by atoms with Crippen LogP contribution in [0.5, 0.6) is 0 Å². The number of nitrogens with zero attached hydrogens (tertiary/aromatic N) is 2. The van der Waals surface area contributed by atoms with E-state index in [4.69, 9.17) is 23.2 Å². The van der Waals surface area contributed by atoms with Gasteiger partial charge in [-0.25, -0.2) is 9.69 Å². The standard InChI is InChI=1S/C21H19BrCl2N2O2/c22-14-7-8-19-18(10-14)20(27)26(17-6-2-5-16(24)11-17)21(28)25(19)12-13-3-1-4-15(23)9-13/h1-6,9,11,14,18-19H,7-8,10,12H2. The predicted octanol–water partition coefficient (Wildman–Crippen LogP) is 5.89. The van der Waals surface area contributed by atoms with Gasteiger partial charge in [0.05, 0.1) is 11.6 Å².